The van der Waals surface area contributed by atoms with Crippen molar-refractivity contribution in [2.45, 2.75) is 36.6 Å². The monoisotopic (exact) mass is 802 g/mol. The normalized spacial score (nSPS) is 16.1. The van der Waals surface area contributed by atoms with E-state index in [2.05, 4.69) is 22.5 Å². The van der Waals surface area contributed by atoms with E-state index < -0.39 is 49.1 Å². The van der Waals surface area contributed by atoms with Gasteiger partial charge in [-0.1, -0.05) is 78.3 Å². The third-order valence-electron chi connectivity index (χ3n) is 9.12. The average molecular weight is 803 g/mol. The summed E-state index contributed by atoms with van der Waals surface area (Å²) in [7, 11) is -4.81. The van der Waals surface area contributed by atoms with Crippen LogP contribution in [0, 0.1) is 0 Å². The molecule has 1 aliphatic heterocycles. The first-order valence-corrected chi connectivity index (χ1v) is 20.0. The van der Waals surface area contributed by atoms with Crippen molar-refractivity contribution in [1.82, 2.24) is 29.7 Å². The van der Waals surface area contributed by atoms with Crippen LogP contribution in [0.5, 0.6) is 5.75 Å². The predicted molar refractivity (Wildman–Crippen MR) is 212 cm³/mol. The van der Waals surface area contributed by atoms with E-state index in [1.54, 1.807) is 59.5 Å². The predicted octanol–water partition coefficient (Wildman–Crippen LogP) is 4.79. The van der Waals surface area contributed by atoms with Gasteiger partial charge in [0.05, 0.1) is 23.5 Å². The molecular formula is C39H40ClN6O7PS. The largest absolute Gasteiger partial charge is 0.450 e. The lowest BCUT2D eigenvalue weighted by molar-refractivity contribution is -0.156. The Morgan fingerprint density at radius 2 is 1.71 bits per heavy atom. The number of benzene rings is 4. The first-order valence-electron chi connectivity index (χ1n) is 17.3. The number of fused-ring (bicyclic) bond motifs is 1. The zero-order chi connectivity index (χ0) is 39.0. The second-order valence-electron chi connectivity index (χ2n) is 12.8. The number of hydrogen-bond acceptors (Lipinski definition) is 8. The van der Waals surface area contributed by atoms with Crippen molar-refractivity contribution in [2.24, 2.45) is 0 Å². The highest BCUT2D eigenvalue weighted by atomic mass is 35.5. The van der Waals surface area contributed by atoms with Crippen LogP contribution < -0.4 is 20.5 Å². The molecule has 0 aliphatic carbocycles. The molecule has 1 fully saturated rings. The molecule has 4 aromatic carbocycles. The number of piperazine rings is 1. The molecular weight excluding hydrogens is 763 g/mol. The molecule has 0 bridgehead atoms. The number of carbonyl (C=O) groups is 3. The number of urea groups is 1. The highest BCUT2D eigenvalue weighted by Crippen LogP contribution is 2.29. The van der Waals surface area contributed by atoms with Crippen LogP contribution >= 0.6 is 20.6 Å². The third-order valence-corrected chi connectivity index (χ3v) is 11.4. The van der Waals surface area contributed by atoms with Crippen LogP contribution in [-0.2, 0) is 39.1 Å². The van der Waals surface area contributed by atoms with E-state index in [0.29, 0.717) is 39.3 Å². The SMILES string of the molecule is C=CCNCC(=O)N1[C@@H](NC(=O)NCc2ccccc2)CN(Cc2cccc3ccn(S(=O)(=O)c4ccc(Cl)cc4)c23)C(=O)[C@@H]1Cc1ccc(OPO)cc1. The number of nitrogens with zero attached hydrogens (tertiary/aromatic N) is 3. The lowest BCUT2D eigenvalue weighted by atomic mass is 9.98. The molecule has 16 heteroatoms. The minimum absolute atomic E-state index is 0.0302. The summed E-state index contributed by atoms with van der Waals surface area (Å²) in [5.74, 6) is -0.380. The quantitative estimate of drug-likeness (QED) is 0.0668. The molecule has 1 aromatic heterocycles. The van der Waals surface area contributed by atoms with Gasteiger partial charge in [-0.3, -0.25) is 9.59 Å². The molecule has 13 nitrogen and oxygen atoms in total. The van der Waals surface area contributed by atoms with Crippen LogP contribution in [0.25, 0.3) is 10.9 Å². The Morgan fingerprint density at radius 3 is 2.42 bits per heavy atom. The summed E-state index contributed by atoms with van der Waals surface area (Å²) in [4.78, 5) is 54.4. The zero-order valence-corrected chi connectivity index (χ0v) is 32.2. The summed E-state index contributed by atoms with van der Waals surface area (Å²) in [6, 6.07) is 27.4. The number of nitrogens with one attached hydrogen (secondary N) is 3. The van der Waals surface area contributed by atoms with Crippen molar-refractivity contribution in [1.29, 1.82) is 0 Å². The molecule has 286 valence electrons. The molecule has 1 saturated heterocycles. The van der Waals surface area contributed by atoms with Crippen LogP contribution in [0.15, 0.2) is 127 Å². The number of aromatic nitrogens is 1. The minimum Gasteiger partial charge on any atom is -0.450 e. The van der Waals surface area contributed by atoms with Gasteiger partial charge < -0.3 is 35.2 Å². The fourth-order valence-corrected chi connectivity index (χ4v) is 8.30. The van der Waals surface area contributed by atoms with Gasteiger partial charge in [-0.15, -0.1) is 6.58 Å². The van der Waals surface area contributed by atoms with E-state index in [9.17, 15) is 27.7 Å². The Hall–Kier alpha value is -5.24. The molecule has 1 aliphatic rings. The number of amides is 4. The van der Waals surface area contributed by atoms with Gasteiger partial charge in [0.2, 0.25) is 20.8 Å². The highest BCUT2D eigenvalue weighted by Gasteiger charge is 2.44. The summed E-state index contributed by atoms with van der Waals surface area (Å²) in [6.07, 6.45) is 2.20. The summed E-state index contributed by atoms with van der Waals surface area (Å²) in [5, 5.41) is 9.83. The Labute approximate surface area is 325 Å². The minimum atomic E-state index is -4.07. The number of hydrogen-bond donors (Lipinski definition) is 4. The highest BCUT2D eigenvalue weighted by molar-refractivity contribution is 7.90. The van der Waals surface area contributed by atoms with Gasteiger partial charge in [-0.2, -0.15) is 0 Å². The first-order chi connectivity index (χ1) is 26.6. The second-order valence-corrected chi connectivity index (χ2v) is 15.4. The molecule has 5 aromatic rings. The van der Waals surface area contributed by atoms with E-state index >= 15 is 0 Å². The van der Waals surface area contributed by atoms with Crippen LogP contribution in [0.4, 0.5) is 4.79 Å². The maximum Gasteiger partial charge on any atom is 0.316 e. The van der Waals surface area contributed by atoms with E-state index in [0.717, 1.165) is 5.56 Å². The fourth-order valence-electron chi connectivity index (χ4n) is 6.54. The molecule has 3 atom stereocenters. The molecule has 0 saturated carbocycles. The Morgan fingerprint density at radius 1 is 0.964 bits per heavy atom. The van der Waals surface area contributed by atoms with E-state index in [4.69, 9.17) is 16.1 Å². The summed E-state index contributed by atoms with van der Waals surface area (Å²) >= 11 is 6.05. The van der Waals surface area contributed by atoms with Gasteiger partial charge in [-0.05, 0) is 59.2 Å². The lowest BCUT2D eigenvalue weighted by Gasteiger charge is -2.46. The number of rotatable bonds is 15. The fraction of sp³-hybridized carbons (Fsp3) is 0.205. The average Bonchev–Trinajstić information content (AvgIpc) is 3.64. The molecule has 0 radical (unpaired) electrons. The molecule has 4 N–H and O–H groups in total. The number of para-hydroxylation sites is 1. The first kappa shape index (κ1) is 39.5. The van der Waals surface area contributed by atoms with Gasteiger partial charge in [0.15, 0.2) is 0 Å². The molecule has 2 heterocycles. The van der Waals surface area contributed by atoms with Crippen molar-refractivity contribution in [3.8, 4) is 5.75 Å². The maximum atomic E-state index is 14.7. The van der Waals surface area contributed by atoms with Gasteiger partial charge in [0.1, 0.15) is 18.0 Å². The van der Waals surface area contributed by atoms with E-state index in [1.165, 1.54) is 39.3 Å². The smallest absolute Gasteiger partial charge is 0.316 e. The van der Waals surface area contributed by atoms with Crippen molar-refractivity contribution < 1.29 is 32.2 Å². The maximum absolute atomic E-state index is 14.7. The zero-order valence-electron chi connectivity index (χ0n) is 29.6. The van der Waals surface area contributed by atoms with Crippen molar-refractivity contribution in [3.05, 3.63) is 144 Å². The van der Waals surface area contributed by atoms with E-state index in [1.807, 2.05) is 30.3 Å². The number of halogens is 1. The lowest BCUT2D eigenvalue weighted by Crippen LogP contribution is -2.69. The molecule has 55 heavy (non-hydrogen) atoms. The second kappa shape index (κ2) is 17.9. The molecule has 4 amide bonds. The summed E-state index contributed by atoms with van der Waals surface area (Å²) < 4.78 is 34.2. The van der Waals surface area contributed by atoms with Gasteiger partial charge in [0, 0.05) is 42.7 Å². The van der Waals surface area contributed by atoms with Gasteiger partial charge >= 0.3 is 6.03 Å². The molecule has 6 rings (SSSR count). The molecule has 1 unspecified atom stereocenters. The number of carbonyl (C=O) groups excluding carboxylic acids is 3. The van der Waals surface area contributed by atoms with Crippen molar-refractivity contribution >= 4 is 59.4 Å². The Balaban J connectivity index is 1.37. The summed E-state index contributed by atoms with van der Waals surface area (Å²) in [6.45, 7) is 4.02. The summed E-state index contributed by atoms with van der Waals surface area (Å²) in [5.41, 5.74) is 2.50. The van der Waals surface area contributed by atoms with Gasteiger partial charge in [-0.25, -0.2) is 17.2 Å². The van der Waals surface area contributed by atoms with Gasteiger partial charge in [0.25, 0.3) is 10.0 Å². The van der Waals surface area contributed by atoms with Crippen molar-refractivity contribution in [2.75, 3.05) is 19.6 Å². The van der Waals surface area contributed by atoms with Crippen LogP contribution in [0.3, 0.4) is 0 Å². The van der Waals surface area contributed by atoms with Crippen LogP contribution in [0.2, 0.25) is 5.02 Å². The van der Waals surface area contributed by atoms with E-state index in [-0.39, 0.29) is 37.5 Å². The van der Waals surface area contributed by atoms with Crippen LogP contribution in [-0.4, -0.2) is 76.8 Å². The standard InChI is InChI=1S/C39H40ClN6O7PS/c1-2-20-41-24-36(47)46-34(22-27-11-15-32(16-12-27)53-54-50)38(48)44(26-35(46)43-39(49)42-23-28-7-4-3-5-8-28)25-30-10-6-9-29-19-21-45(37(29)30)55(51,52)33-17-13-31(40)14-18-33/h2-19,21,34-35,41,50,54H,1,20,22-26H2,(H2,42,43,49)/t34-,35+/m0/s1. The Bertz CT molecular complexity index is 2260. The van der Waals surface area contributed by atoms with Crippen molar-refractivity contribution in [3.63, 3.8) is 0 Å². The third kappa shape index (κ3) is 9.35. The Kier molecular flexibility index (Phi) is 12.9. The van der Waals surface area contributed by atoms with Crippen LogP contribution in [0.1, 0.15) is 16.7 Å². The molecule has 0 spiro atoms. The topological polar surface area (TPSA) is 162 Å².